The van der Waals surface area contributed by atoms with E-state index in [0.29, 0.717) is 23.1 Å². The summed E-state index contributed by atoms with van der Waals surface area (Å²) in [6.45, 7) is 6.15. The number of piperidine rings is 1. The van der Waals surface area contributed by atoms with E-state index in [2.05, 4.69) is 39.7 Å². The molecule has 1 aromatic carbocycles. The number of H-pyrrole nitrogens is 1. The maximum atomic E-state index is 13.1. The predicted molar refractivity (Wildman–Crippen MR) is 132 cm³/mol. The zero-order valence-corrected chi connectivity index (χ0v) is 19.5. The molecule has 0 bridgehead atoms. The lowest BCUT2D eigenvalue weighted by Crippen LogP contribution is -2.52. The highest BCUT2D eigenvalue weighted by molar-refractivity contribution is 5.94. The van der Waals surface area contributed by atoms with E-state index in [9.17, 15) is 4.79 Å². The fraction of sp³-hybridized carbons (Fsp3) is 0.320. The Morgan fingerprint density at radius 1 is 1.06 bits per heavy atom. The summed E-state index contributed by atoms with van der Waals surface area (Å²) in [4.78, 5) is 28.6. The molecule has 0 radical (unpaired) electrons. The van der Waals surface area contributed by atoms with Crippen LogP contribution in [0.5, 0.6) is 0 Å². The third-order valence-corrected chi connectivity index (χ3v) is 6.25. The molecule has 0 aliphatic carbocycles. The number of aromatic nitrogens is 5. The Bertz CT molecular complexity index is 1290. The number of amides is 1. The Balaban J connectivity index is 1.36. The van der Waals surface area contributed by atoms with Crippen LogP contribution in [0.4, 0.5) is 17.6 Å². The molecular formula is C25H28N8O. The molecule has 5 rings (SSSR count). The van der Waals surface area contributed by atoms with Gasteiger partial charge in [-0.3, -0.25) is 14.9 Å². The summed E-state index contributed by atoms with van der Waals surface area (Å²) in [6.07, 6.45) is 4.92. The molecule has 2 unspecified atom stereocenters. The first kappa shape index (κ1) is 21.8. The lowest BCUT2D eigenvalue weighted by molar-refractivity contribution is 0.0493. The van der Waals surface area contributed by atoms with Crippen LogP contribution in [0.3, 0.4) is 0 Å². The third kappa shape index (κ3) is 4.41. The van der Waals surface area contributed by atoms with Crippen molar-refractivity contribution >= 4 is 34.4 Å². The number of carbonyl (C=O) groups is 1. The van der Waals surface area contributed by atoms with Crippen LogP contribution in [0, 0.1) is 6.92 Å². The Morgan fingerprint density at radius 3 is 2.50 bits per heavy atom. The minimum absolute atomic E-state index is 0.0450. The minimum Gasteiger partial charge on any atom is -0.351 e. The zero-order valence-electron chi connectivity index (χ0n) is 19.5. The van der Waals surface area contributed by atoms with Gasteiger partial charge < -0.3 is 15.5 Å². The number of hydrogen-bond donors (Lipinski definition) is 3. The number of benzene rings is 1. The van der Waals surface area contributed by atoms with Crippen molar-refractivity contribution in [3.8, 4) is 0 Å². The van der Waals surface area contributed by atoms with Crippen LogP contribution in [-0.4, -0.2) is 54.1 Å². The largest absolute Gasteiger partial charge is 0.351 e. The standard InChI is InChI=1S/C25H28N8O/c1-15-12-22(32-31-15)29-23-20-6-4-5-7-21(20)28-25(30-23)27-19-13-16(2)33(17(3)14-19)24(34)18-8-10-26-11-9-18/h4-12,16-17,19H,13-14H2,1-3H3,(H3,27,28,29,30,31,32). The van der Waals surface area contributed by atoms with E-state index in [0.717, 1.165) is 29.4 Å². The van der Waals surface area contributed by atoms with Crippen LogP contribution in [0.2, 0.25) is 0 Å². The van der Waals surface area contributed by atoms with Crippen molar-refractivity contribution in [2.75, 3.05) is 10.6 Å². The number of aryl methyl sites for hydroxylation is 1. The van der Waals surface area contributed by atoms with Crippen molar-refractivity contribution < 1.29 is 4.79 Å². The van der Waals surface area contributed by atoms with Crippen LogP contribution in [0.25, 0.3) is 10.9 Å². The number of fused-ring (bicyclic) bond motifs is 1. The molecule has 1 amide bonds. The molecule has 0 spiro atoms. The number of para-hydroxylation sites is 1. The first-order valence-corrected chi connectivity index (χ1v) is 11.5. The van der Waals surface area contributed by atoms with Crippen LogP contribution in [-0.2, 0) is 0 Å². The second-order valence-corrected chi connectivity index (χ2v) is 8.93. The summed E-state index contributed by atoms with van der Waals surface area (Å²) in [6, 6.07) is 13.7. The van der Waals surface area contributed by atoms with Crippen molar-refractivity contribution in [2.45, 2.75) is 51.7 Å². The Kier molecular flexibility index (Phi) is 5.83. The van der Waals surface area contributed by atoms with Gasteiger partial charge in [0.15, 0.2) is 5.82 Å². The number of likely N-dealkylation sites (tertiary alicyclic amines) is 1. The fourth-order valence-corrected chi connectivity index (χ4v) is 4.77. The quantitative estimate of drug-likeness (QED) is 0.411. The molecule has 3 N–H and O–H groups in total. The van der Waals surface area contributed by atoms with Gasteiger partial charge in [-0.2, -0.15) is 10.1 Å². The second-order valence-electron chi connectivity index (χ2n) is 8.93. The molecule has 3 aromatic heterocycles. The maximum absolute atomic E-state index is 13.1. The topological polar surface area (TPSA) is 112 Å². The molecule has 9 nitrogen and oxygen atoms in total. The lowest BCUT2D eigenvalue weighted by atomic mass is 9.92. The molecule has 4 aromatic rings. The Labute approximate surface area is 198 Å². The normalized spacial score (nSPS) is 20.3. The number of rotatable bonds is 5. The van der Waals surface area contributed by atoms with Gasteiger partial charge in [-0.25, -0.2) is 4.98 Å². The van der Waals surface area contributed by atoms with E-state index in [1.165, 1.54) is 0 Å². The van der Waals surface area contributed by atoms with E-state index in [-0.39, 0.29) is 24.0 Å². The van der Waals surface area contributed by atoms with Gasteiger partial charge in [-0.05, 0) is 57.9 Å². The zero-order chi connectivity index (χ0) is 23.7. The summed E-state index contributed by atoms with van der Waals surface area (Å²) in [7, 11) is 0. The first-order chi connectivity index (χ1) is 16.5. The molecular weight excluding hydrogens is 428 g/mol. The molecule has 4 heterocycles. The molecule has 9 heteroatoms. The summed E-state index contributed by atoms with van der Waals surface area (Å²) in [5.41, 5.74) is 2.48. The predicted octanol–water partition coefficient (Wildman–Crippen LogP) is 4.29. The minimum atomic E-state index is 0.0450. The van der Waals surface area contributed by atoms with Gasteiger partial charge in [0.2, 0.25) is 5.95 Å². The Morgan fingerprint density at radius 2 is 1.79 bits per heavy atom. The van der Waals surface area contributed by atoms with Crippen molar-refractivity contribution in [3.63, 3.8) is 0 Å². The fourth-order valence-electron chi connectivity index (χ4n) is 4.77. The number of aromatic amines is 1. The van der Waals surface area contributed by atoms with Crippen molar-refractivity contribution in [1.82, 2.24) is 30.0 Å². The van der Waals surface area contributed by atoms with E-state index in [1.807, 2.05) is 42.2 Å². The average molecular weight is 457 g/mol. The summed E-state index contributed by atoms with van der Waals surface area (Å²) in [5.74, 6) is 2.01. The molecule has 1 aliphatic rings. The monoisotopic (exact) mass is 456 g/mol. The van der Waals surface area contributed by atoms with Gasteiger partial charge >= 0.3 is 0 Å². The number of nitrogens with zero attached hydrogens (tertiary/aromatic N) is 5. The highest BCUT2D eigenvalue weighted by atomic mass is 16.2. The smallest absolute Gasteiger partial charge is 0.254 e. The van der Waals surface area contributed by atoms with E-state index in [4.69, 9.17) is 9.97 Å². The molecule has 0 saturated carbocycles. The lowest BCUT2D eigenvalue weighted by Gasteiger charge is -2.43. The van der Waals surface area contributed by atoms with Crippen LogP contribution < -0.4 is 10.6 Å². The second kappa shape index (κ2) is 9.09. The summed E-state index contributed by atoms with van der Waals surface area (Å²) in [5, 5.41) is 15.0. The third-order valence-electron chi connectivity index (χ3n) is 6.25. The maximum Gasteiger partial charge on any atom is 0.254 e. The van der Waals surface area contributed by atoms with Crippen LogP contribution in [0.15, 0.2) is 54.9 Å². The van der Waals surface area contributed by atoms with Gasteiger partial charge in [0.25, 0.3) is 5.91 Å². The van der Waals surface area contributed by atoms with Crippen molar-refractivity contribution in [2.24, 2.45) is 0 Å². The number of pyridine rings is 1. The van der Waals surface area contributed by atoms with Gasteiger partial charge in [-0.15, -0.1) is 0 Å². The molecule has 1 aliphatic heterocycles. The summed E-state index contributed by atoms with van der Waals surface area (Å²) < 4.78 is 0. The SMILES string of the molecule is Cc1cc(Nc2nc(NC3CC(C)N(C(=O)c4ccncc4)C(C)C3)nc3ccccc23)n[nH]1. The van der Waals surface area contributed by atoms with Crippen molar-refractivity contribution in [3.05, 3.63) is 66.1 Å². The molecule has 1 saturated heterocycles. The van der Waals surface area contributed by atoms with Crippen LogP contribution >= 0.6 is 0 Å². The van der Waals surface area contributed by atoms with Gasteiger partial charge in [0, 0.05) is 53.2 Å². The average Bonchev–Trinajstić information content (AvgIpc) is 3.23. The van der Waals surface area contributed by atoms with E-state index in [1.54, 1.807) is 24.5 Å². The number of nitrogens with one attached hydrogen (secondary N) is 3. The molecule has 174 valence electrons. The van der Waals surface area contributed by atoms with Gasteiger partial charge in [-0.1, -0.05) is 12.1 Å². The van der Waals surface area contributed by atoms with Crippen LogP contribution in [0.1, 0.15) is 42.7 Å². The van der Waals surface area contributed by atoms with Gasteiger partial charge in [0.05, 0.1) is 5.52 Å². The number of carbonyl (C=O) groups excluding carboxylic acids is 1. The molecule has 2 atom stereocenters. The van der Waals surface area contributed by atoms with Gasteiger partial charge in [0.1, 0.15) is 5.82 Å². The highest BCUT2D eigenvalue weighted by Crippen LogP contribution is 2.29. The van der Waals surface area contributed by atoms with Crippen molar-refractivity contribution in [1.29, 1.82) is 0 Å². The Hall–Kier alpha value is -4.01. The van der Waals surface area contributed by atoms with E-state index >= 15 is 0 Å². The molecule has 34 heavy (non-hydrogen) atoms. The number of anilines is 3. The molecule has 1 fully saturated rings. The number of hydrogen-bond acceptors (Lipinski definition) is 7. The first-order valence-electron chi connectivity index (χ1n) is 11.5. The summed E-state index contributed by atoms with van der Waals surface area (Å²) >= 11 is 0. The van der Waals surface area contributed by atoms with E-state index < -0.39 is 0 Å². The highest BCUT2D eigenvalue weighted by Gasteiger charge is 2.34.